The van der Waals surface area contributed by atoms with Gasteiger partial charge in [-0.05, 0) is 42.8 Å². The van der Waals surface area contributed by atoms with E-state index in [1.807, 2.05) is 36.4 Å². The normalized spacial score (nSPS) is 11.0. The van der Waals surface area contributed by atoms with E-state index in [0.29, 0.717) is 0 Å². The van der Waals surface area contributed by atoms with Gasteiger partial charge in [-0.3, -0.25) is 0 Å². The van der Waals surface area contributed by atoms with Crippen LogP contribution in [0.2, 0.25) is 5.02 Å². The number of fused-ring (bicyclic) bond motifs is 1. The summed E-state index contributed by atoms with van der Waals surface area (Å²) in [5.74, 6) is 2.47. The Labute approximate surface area is 140 Å². The van der Waals surface area contributed by atoms with Crippen LogP contribution in [0.5, 0.6) is 11.5 Å². The number of hydrogen-bond acceptors (Lipinski definition) is 3. The van der Waals surface area contributed by atoms with Crippen molar-refractivity contribution in [3.63, 3.8) is 0 Å². The third-order valence-corrected chi connectivity index (χ3v) is 4.15. The van der Waals surface area contributed by atoms with Crippen molar-refractivity contribution >= 4 is 22.6 Å². The molecule has 0 bridgehead atoms. The summed E-state index contributed by atoms with van der Waals surface area (Å²) in [7, 11) is 3.28. The van der Waals surface area contributed by atoms with Gasteiger partial charge < -0.3 is 14.0 Å². The molecule has 1 heterocycles. The Balaban J connectivity index is 2.01. The second-order valence-corrected chi connectivity index (χ2v) is 5.71. The monoisotopic (exact) mass is 330 g/mol. The fourth-order valence-electron chi connectivity index (χ4n) is 2.81. The second-order valence-electron chi connectivity index (χ2n) is 5.27. The molecule has 3 aromatic rings. The van der Waals surface area contributed by atoms with Crippen molar-refractivity contribution in [2.75, 3.05) is 14.2 Å². The van der Waals surface area contributed by atoms with Crippen LogP contribution in [0.15, 0.2) is 36.4 Å². The highest BCUT2D eigenvalue weighted by Crippen LogP contribution is 2.29. The Morgan fingerprint density at radius 3 is 2.52 bits per heavy atom. The van der Waals surface area contributed by atoms with Gasteiger partial charge in [-0.25, -0.2) is 4.98 Å². The van der Waals surface area contributed by atoms with Crippen LogP contribution in [0.3, 0.4) is 0 Å². The quantitative estimate of drug-likeness (QED) is 0.699. The molecule has 2 aromatic carbocycles. The molecule has 0 atom stereocenters. The van der Waals surface area contributed by atoms with Crippen LogP contribution in [-0.4, -0.2) is 23.8 Å². The zero-order chi connectivity index (χ0) is 16.4. The maximum absolute atomic E-state index is 6.12. The summed E-state index contributed by atoms with van der Waals surface area (Å²) in [6.07, 6.45) is 0.723. The third-order valence-electron chi connectivity index (χ3n) is 3.92. The van der Waals surface area contributed by atoms with E-state index >= 15 is 0 Å². The lowest BCUT2D eigenvalue weighted by Gasteiger charge is -2.10. The van der Waals surface area contributed by atoms with Crippen LogP contribution in [0, 0.1) is 0 Å². The molecular formula is C18H19ClN2O2. The lowest BCUT2D eigenvalue weighted by Crippen LogP contribution is -2.03. The largest absolute Gasteiger partial charge is 0.493 e. The number of nitrogens with zero attached hydrogens (tertiary/aromatic N) is 2. The lowest BCUT2D eigenvalue weighted by molar-refractivity contribution is 0.354. The summed E-state index contributed by atoms with van der Waals surface area (Å²) in [5, 5.41) is 0.727. The van der Waals surface area contributed by atoms with Crippen LogP contribution in [0.1, 0.15) is 18.3 Å². The summed E-state index contributed by atoms with van der Waals surface area (Å²) in [5.41, 5.74) is 3.15. The molecule has 0 aliphatic heterocycles. The molecule has 0 radical (unpaired) electrons. The van der Waals surface area contributed by atoms with E-state index < -0.39 is 0 Å². The summed E-state index contributed by atoms with van der Waals surface area (Å²) >= 11 is 6.12. The van der Waals surface area contributed by atoms with Gasteiger partial charge in [0.15, 0.2) is 11.5 Å². The molecule has 0 unspecified atom stereocenters. The molecule has 0 amide bonds. The number of halogens is 1. The first-order valence-corrected chi connectivity index (χ1v) is 7.89. The molecule has 3 rings (SSSR count). The van der Waals surface area contributed by atoms with Crippen molar-refractivity contribution < 1.29 is 9.47 Å². The van der Waals surface area contributed by atoms with Gasteiger partial charge in [0.05, 0.1) is 25.3 Å². The van der Waals surface area contributed by atoms with Gasteiger partial charge in [0.2, 0.25) is 0 Å². The topological polar surface area (TPSA) is 36.3 Å². The van der Waals surface area contributed by atoms with Crippen molar-refractivity contribution in [2.45, 2.75) is 19.9 Å². The minimum atomic E-state index is 0.723. The van der Waals surface area contributed by atoms with Crippen LogP contribution in [0.25, 0.3) is 11.0 Å². The second kappa shape index (κ2) is 6.50. The van der Waals surface area contributed by atoms with Gasteiger partial charge >= 0.3 is 0 Å². The summed E-state index contributed by atoms with van der Waals surface area (Å²) < 4.78 is 12.9. The predicted octanol–water partition coefficient (Wildman–Crippen LogP) is 4.32. The molecule has 0 fully saturated rings. The Kier molecular flexibility index (Phi) is 4.44. The van der Waals surface area contributed by atoms with Gasteiger partial charge in [0.25, 0.3) is 0 Å². The van der Waals surface area contributed by atoms with Gasteiger partial charge in [0.1, 0.15) is 5.82 Å². The average Bonchev–Trinajstić information content (AvgIpc) is 2.90. The zero-order valence-electron chi connectivity index (χ0n) is 13.5. The van der Waals surface area contributed by atoms with E-state index in [4.69, 9.17) is 26.1 Å². The van der Waals surface area contributed by atoms with E-state index in [1.54, 1.807) is 14.2 Å². The molecule has 0 spiro atoms. The first-order valence-electron chi connectivity index (χ1n) is 7.51. The molecule has 0 saturated carbocycles. The number of aryl methyl sites for hydroxylation is 1. The molecule has 0 aliphatic carbocycles. The molecule has 0 N–H and O–H groups in total. The highest BCUT2D eigenvalue weighted by molar-refractivity contribution is 6.31. The zero-order valence-corrected chi connectivity index (χ0v) is 14.2. The van der Waals surface area contributed by atoms with Crippen molar-refractivity contribution in [3.05, 3.63) is 52.8 Å². The minimum absolute atomic E-state index is 0.723. The molecule has 4 nitrogen and oxygen atoms in total. The Bertz CT molecular complexity index is 842. The standard InChI is InChI=1S/C18H19ClN2O2/c1-4-21-15-11-13(19)6-7-14(15)20-18(21)10-12-5-8-16(22-2)17(9-12)23-3/h5-9,11H,4,10H2,1-3H3. The van der Waals surface area contributed by atoms with E-state index in [-0.39, 0.29) is 0 Å². The summed E-state index contributed by atoms with van der Waals surface area (Å²) in [4.78, 5) is 4.75. The molecule has 0 saturated heterocycles. The van der Waals surface area contributed by atoms with Crippen molar-refractivity contribution in [2.24, 2.45) is 0 Å². The number of rotatable bonds is 5. The molecule has 0 aliphatic rings. The Morgan fingerprint density at radius 1 is 1.04 bits per heavy atom. The third kappa shape index (κ3) is 2.99. The number of hydrogen-bond donors (Lipinski definition) is 0. The van der Waals surface area contributed by atoms with Crippen molar-refractivity contribution in [3.8, 4) is 11.5 Å². The van der Waals surface area contributed by atoms with Crippen LogP contribution in [0.4, 0.5) is 0 Å². The number of methoxy groups -OCH3 is 2. The highest BCUT2D eigenvalue weighted by atomic mass is 35.5. The van der Waals surface area contributed by atoms with Gasteiger partial charge in [-0.1, -0.05) is 17.7 Å². The Morgan fingerprint density at radius 2 is 1.83 bits per heavy atom. The molecule has 23 heavy (non-hydrogen) atoms. The first kappa shape index (κ1) is 15.7. The van der Waals surface area contributed by atoms with Gasteiger partial charge in [-0.15, -0.1) is 0 Å². The maximum Gasteiger partial charge on any atom is 0.161 e. The van der Waals surface area contributed by atoms with Crippen molar-refractivity contribution in [1.29, 1.82) is 0 Å². The molecule has 120 valence electrons. The number of imidazole rings is 1. The first-order chi connectivity index (χ1) is 11.2. The minimum Gasteiger partial charge on any atom is -0.493 e. The Hall–Kier alpha value is -2.20. The predicted molar refractivity (Wildman–Crippen MR) is 92.8 cm³/mol. The summed E-state index contributed by atoms with van der Waals surface area (Å²) in [6.45, 7) is 2.96. The fraction of sp³-hybridized carbons (Fsp3) is 0.278. The molecule has 5 heteroatoms. The van der Waals surface area contributed by atoms with E-state index in [1.165, 1.54) is 0 Å². The highest BCUT2D eigenvalue weighted by Gasteiger charge is 2.12. The summed E-state index contributed by atoms with van der Waals surface area (Å²) in [6, 6.07) is 11.7. The van der Waals surface area contributed by atoms with E-state index in [0.717, 1.165) is 51.9 Å². The molecule has 1 aromatic heterocycles. The van der Waals surface area contributed by atoms with Crippen LogP contribution < -0.4 is 9.47 Å². The number of ether oxygens (including phenoxy) is 2. The van der Waals surface area contributed by atoms with E-state index in [2.05, 4.69) is 11.5 Å². The maximum atomic E-state index is 6.12. The average molecular weight is 331 g/mol. The fourth-order valence-corrected chi connectivity index (χ4v) is 2.97. The van der Waals surface area contributed by atoms with Crippen molar-refractivity contribution in [1.82, 2.24) is 9.55 Å². The number of aromatic nitrogens is 2. The van der Waals surface area contributed by atoms with Gasteiger partial charge in [-0.2, -0.15) is 0 Å². The van der Waals surface area contributed by atoms with Crippen LogP contribution in [-0.2, 0) is 13.0 Å². The lowest BCUT2D eigenvalue weighted by atomic mass is 10.1. The smallest absolute Gasteiger partial charge is 0.161 e. The van der Waals surface area contributed by atoms with Crippen LogP contribution >= 0.6 is 11.6 Å². The SMILES string of the molecule is CCn1c(Cc2ccc(OC)c(OC)c2)nc2ccc(Cl)cc21. The van der Waals surface area contributed by atoms with Gasteiger partial charge in [0, 0.05) is 18.0 Å². The molecular weight excluding hydrogens is 312 g/mol. The number of benzene rings is 2. The van der Waals surface area contributed by atoms with E-state index in [9.17, 15) is 0 Å².